The molecule has 1 amide bonds. The molecule has 0 radical (unpaired) electrons. The summed E-state index contributed by atoms with van der Waals surface area (Å²) in [6, 6.07) is 13.2. The van der Waals surface area contributed by atoms with Gasteiger partial charge >= 0.3 is 0 Å². The summed E-state index contributed by atoms with van der Waals surface area (Å²) in [7, 11) is -7.67. The lowest BCUT2D eigenvalue weighted by Gasteiger charge is -2.20. The Kier molecular flexibility index (Phi) is 7.52. The molecule has 42 heavy (non-hydrogen) atoms. The van der Waals surface area contributed by atoms with Gasteiger partial charge in [-0.1, -0.05) is 17.7 Å². The van der Waals surface area contributed by atoms with Gasteiger partial charge in [-0.3, -0.25) is 14.2 Å². The molecular formula is C28H28N6O6S2. The number of carbonyl (C=O) groups is 1. The first-order valence-corrected chi connectivity index (χ1v) is 16.0. The third-order valence-electron chi connectivity index (χ3n) is 7.08. The highest BCUT2D eigenvalue weighted by atomic mass is 32.2. The first-order valence-electron chi connectivity index (χ1n) is 13.1. The van der Waals surface area contributed by atoms with Crippen LogP contribution in [0.5, 0.6) is 0 Å². The van der Waals surface area contributed by atoms with Crippen LogP contribution in [-0.2, 0) is 37.8 Å². The largest absolute Gasteiger partial charge is 0.309 e. The number of likely N-dealkylation sites (N-methyl/N-ethyl adjacent to an activating group) is 1. The van der Waals surface area contributed by atoms with Crippen LogP contribution in [0.25, 0.3) is 10.9 Å². The average Bonchev–Trinajstić information content (AvgIpc) is 3.32. The number of fused-ring (bicyclic) bond motifs is 2. The van der Waals surface area contributed by atoms with Crippen LogP contribution in [0.2, 0.25) is 0 Å². The third kappa shape index (κ3) is 5.22. The molecule has 0 bridgehead atoms. The number of aryl methyl sites for hydroxylation is 3. The van der Waals surface area contributed by atoms with E-state index < -0.39 is 32.5 Å². The van der Waals surface area contributed by atoms with Crippen LogP contribution >= 0.6 is 0 Å². The smallest absolute Gasteiger partial charge is 0.269 e. The van der Waals surface area contributed by atoms with Crippen LogP contribution in [0.3, 0.4) is 0 Å². The van der Waals surface area contributed by atoms with Gasteiger partial charge in [0.1, 0.15) is 28.3 Å². The summed E-state index contributed by atoms with van der Waals surface area (Å²) in [5, 5.41) is 12.6. The maximum Gasteiger partial charge on any atom is 0.269 e. The molecule has 0 fully saturated rings. The number of hydrogen-bond acceptors (Lipinski definition) is 8. The molecule has 0 saturated carbocycles. The molecule has 0 saturated heterocycles. The van der Waals surface area contributed by atoms with Gasteiger partial charge < -0.3 is 5.32 Å². The molecule has 1 aliphatic heterocycles. The van der Waals surface area contributed by atoms with E-state index in [9.17, 15) is 31.7 Å². The van der Waals surface area contributed by atoms with E-state index in [-0.39, 0.29) is 37.8 Å². The van der Waals surface area contributed by atoms with Gasteiger partial charge in [0.15, 0.2) is 0 Å². The van der Waals surface area contributed by atoms with Crippen molar-refractivity contribution in [2.45, 2.75) is 49.4 Å². The van der Waals surface area contributed by atoms with E-state index >= 15 is 0 Å². The highest BCUT2D eigenvalue weighted by Crippen LogP contribution is 2.33. The molecule has 1 aliphatic rings. The summed E-state index contributed by atoms with van der Waals surface area (Å²) in [4.78, 5) is 29.2. The summed E-state index contributed by atoms with van der Waals surface area (Å²) >= 11 is 0. The number of anilines is 1. The van der Waals surface area contributed by atoms with Gasteiger partial charge in [-0.25, -0.2) is 25.8 Å². The maximum atomic E-state index is 13.9. The minimum absolute atomic E-state index is 0.0265. The standard InChI is InChI=1S/C28H28N6O6S2/c1-18-7-9-22(10-8-18)41(37,38)34-21(16-29)14-20-12-19(2)13-23(28(20)34)42(39,40)32(3)17-26(35)31-24-15-27(36)33-11-5-4-6-25(33)30-24/h7-10,12-15H,4-6,11,17H2,1-3H3,(H,31,35). The number of nitrogens with zero attached hydrogens (tertiary/aromatic N) is 5. The van der Waals surface area contributed by atoms with Gasteiger partial charge in [0.2, 0.25) is 15.9 Å². The fourth-order valence-corrected chi connectivity index (χ4v) is 7.96. The lowest BCUT2D eigenvalue weighted by Crippen LogP contribution is -2.36. The van der Waals surface area contributed by atoms with Crippen LogP contribution in [-0.4, -0.2) is 54.2 Å². The zero-order valence-corrected chi connectivity index (χ0v) is 24.8. The second-order valence-electron chi connectivity index (χ2n) is 10.2. The highest BCUT2D eigenvalue weighted by molar-refractivity contribution is 7.90. The Morgan fingerprint density at radius 3 is 2.45 bits per heavy atom. The topological polar surface area (TPSA) is 164 Å². The van der Waals surface area contributed by atoms with Crippen molar-refractivity contribution in [3.63, 3.8) is 0 Å². The number of nitrogens with one attached hydrogen (secondary N) is 1. The van der Waals surface area contributed by atoms with E-state index in [2.05, 4.69) is 10.3 Å². The van der Waals surface area contributed by atoms with Gasteiger partial charge in [0.25, 0.3) is 15.6 Å². The molecule has 12 nitrogen and oxygen atoms in total. The predicted octanol–water partition coefficient (Wildman–Crippen LogP) is 2.52. The molecule has 2 aromatic carbocycles. The minimum atomic E-state index is -4.47. The van der Waals surface area contributed by atoms with E-state index in [1.165, 1.54) is 37.4 Å². The molecule has 5 rings (SSSR count). The van der Waals surface area contributed by atoms with Crippen molar-refractivity contribution in [3.8, 4) is 6.07 Å². The summed E-state index contributed by atoms with van der Waals surface area (Å²) < 4.78 is 58.3. The zero-order valence-electron chi connectivity index (χ0n) is 23.2. The summed E-state index contributed by atoms with van der Waals surface area (Å²) in [5.41, 5.74) is 0.558. The maximum absolute atomic E-state index is 13.9. The zero-order chi connectivity index (χ0) is 30.4. The Labute approximate surface area is 242 Å². The number of rotatable bonds is 7. The van der Waals surface area contributed by atoms with Gasteiger partial charge in [-0.05, 0) is 62.6 Å². The number of benzene rings is 2. The van der Waals surface area contributed by atoms with Crippen LogP contribution in [0.15, 0.2) is 63.1 Å². The molecule has 2 aromatic heterocycles. The SMILES string of the molecule is Cc1ccc(S(=O)(=O)n2c(C#N)cc3cc(C)cc(S(=O)(=O)N(C)CC(=O)Nc4cc(=O)n5c(n4)CCCC5)c32)cc1. The summed E-state index contributed by atoms with van der Waals surface area (Å²) in [6.07, 6.45) is 2.32. The molecule has 3 heterocycles. The Morgan fingerprint density at radius 2 is 1.76 bits per heavy atom. The number of aromatic nitrogens is 3. The number of amides is 1. The van der Waals surface area contributed by atoms with E-state index in [1.807, 2.05) is 6.07 Å². The van der Waals surface area contributed by atoms with Crippen LogP contribution in [0, 0.1) is 25.2 Å². The summed E-state index contributed by atoms with van der Waals surface area (Å²) in [6.45, 7) is 3.34. The molecule has 1 N–H and O–H groups in total. The Morgan fingerprint density at radius 1 is 1.05 bits per heavy atom. The molecule has 0 aliphatic carbocycles. The first kappa shape index (κ1) is 29.2. The minimum Gasteiger partial charge on any atom is -0.309 e. The Balaban J connectivity index is 1.53. The first-order chi connectivity index (χ1) is 19.8. The van der Waals surface area contributed by atoms with Crippen LogP contribution in [0.1, 0.15) is 35.5 Å². The number of hydrogen-bond donors (Lipinski definition) is 1. The van der Waals surface area contributed by atoms with Gasteiger partial charge in [0.05, 0.1) is 17.0 Å². The molecule has 0 atom stereocenters. The quantitative estimate of drug-likeness (QED) is 0.334. The van der Waals surface area contributed by atoms with E-state index in [4.69, 9.17) is 0 Å². The van der Waals surface area contributed by atoms with Crippen molar-refractivity contribution in [2.24, 2.45) is 0 Å². The Bertz CT molecular complexity index is 2060. The molecule has 0 unspecified atom stereocenters. The Hall–Kier alpha value is -4.32. The fraction of sp³-hybridized carbons (Fsp3) is 0.286. The second-order valence-corrected chi connectivity index (χ2v) is 14.0. The van der Waals surface area contributed by atoms with Crippen molar-refractivity contribution in [1.29, 1.82) is 5.26 Å². The number of carbonyl (C=O) groups excluding carboxylic acids is 1. The molecule has 14 heteroatoms. The van der Waals surface area contributed by atoms with Crippen molar-refractivity contribution < 1.29 is 21.6 Å². The van der Waals surface area contributed by atoms with E-state index in [0.717, 1.165) is 26.7 Å². The van der Waals surface area contributed by atoms with Crippen molar-refractivity contribution in [2.75, 3.05) is 18.9 Å². The predicted molar refractivity (Wildman–Crippen MR) is 155 cm³/mol. The normalized spacial score (nSPS) is 13.6. The van der Waals surface area contributed by atoms with E-state index in [1.54, 1.807) is 36.6 Å². The molecule has 4 aromatic rings. The van der Waals surface area contributed by atoms with Crippen molar-refractivity contribution >= 4 is 42.7 Å². The fourth-order valence-electron chi connectivity index (χ4n) is 5.00. The van der Waals surface area contributed by atoms with E-state index in [0.29, 0.717) is 24.4 Å². The lowest BCUT2D eigenvalue weighted by molar-refractivity contribution is -0.116. The number of sulfonamides is 1. The van der Waals surface area contributed by atoms with Crippen LogP contribution in [0.4, 0.5) is 5.82 Å². The second kappa shape index (κ2) is 10.8. The molecular weight excluding hydrogens is 580 g/mol. The lowest BCUT2D eigenvalue weighted by atomic mass is 10.1. The highest BCUT2D eigenvalue weighted by Gasteiger charge is 2.32. The number of nitriles is 1. The van der Waals surface area contributed by atoms with Gasteiger partial charge in [-0.2, -0.15) is 9.57 Å². The van der Waals surface area contributed by atoms with Crippen molar-refractivity contribution in [3.05, 3.63) is 81.5 Å². The van der Waals surface area contributed by atoms with Crippen molar-refractivity contribution in [1.82, 2.24) is 17.8 Å². The molecule has 0 spiro atoms. The monoisotopic (exact) mass is 608 g/mol. The molecule has 218 valence electrons. The van der Waals surface area contributed by atoms with Crippen LogP contribution < -0.4 is 10.9 Å². The summed E-state index contributed by atoms with van der Waals surface area (Å²) in [5.74, 6) is -0.160. The third-order valence-corrected chi connectivity index (χ3v) is 10.6. The average molecular weight is 609 g/mol. The van der Waals surface area contributed by atoms with Gasteiger partial charge in [-0.15, -0.1) is 0 Å². The van der Waals surface area contributed by atoms with Gasteiger partial charge in [0, 0.05) is 31.5 Å².